The van der Waals surface area contributed by atoms with E-state index >= 15 is 0 Å². The number of carbonyl (C=O) groups is 1. The first-order chi connectivity index (χ1) is 10.0. The van der Waals surface area contributed by atoms with Gasteiger partial charge in [-0.25, -0.2) is 4.98 Å². The number of amides is 1. The summed E-state index contributed by atoms with van der Waals surface area (Å²) in [5.74, 6) is 0.348. The van der Waals surface area contributed by atoms with Crippen molar-refractivity contribution in [2.45, 2.75) is 25.4 Å². The van der Waals surface area contributed by atoms with Crippen LogP contribution in [0.25, 0.3) is 17.2 Å². The highest BCUT2D eigenvalue weighted by molar-refractivity contribution is 5.91. The van der Waals surface area contributed by atoms with Crippen molar-refractivity contribution in [2.75, 3.05) is 13.1 Å². The Morgan fingerprint density at radius 1 is 1.38 bits per heavy atom. The van der Waals surface area contributed by atoms with Crippen molar-refractivity contribution in [3.63, 3.8) is 0 Å². The number of rotatable bonds is 2. The van der Waals surface area contributed by atoms with Gasteiger partial charge in [0.05, 0.1) is 5.60 Å². The van der Waals surface area contributed by atoms with Crippen LogP contribution in [0.4, 0.5) is 0 Å². The highest BCUT2D eigenvalue weighted by Gasteiger charge is 2.28. The predicted octanol–water partition coefficient (Wildman–Crippen LogP) is 2.21. The van der Waals surface area contributed by atoms with E-state index < -0.39 is 5.60 Å². The third-order valence-electron chi connectivity index (χ3n) is 3.83. The van der Waals surface area contributed by atoms with Gasteiger partial charge in [0, 0.05) is 25.2 Å². The second-order valence-corrected chi connectivity index (χ2v) is 5.68. The minimum atomic E-state index is -0.652. The molecule has 1 aliphatic heterocycles. The summed E-state index contributed by atoms with van der Waals surface area (Å²) < 4.78 is 5.53. The van der Waals surface area contributed by atoms with E-state index in [0.717, 1.165) is 5.52 Å². The standard InChI is InChI=1S/C16H18N2O3/c1-16(20)8-10-18(11-9-16)15(19)7-6-14-17-12-4-2-3-5-13(12)21-14/h2-7,20H,8-11H2,1H3/b7-6+. The maximum Gasteiger partial charge on any atom is 0.246 e. The first-order valence-corrected chi connectivity index (χ1v) is 7.08. The molecule has 1 N–H and O–H groups in total. The number of carbonyl (C=O) groups excluding carboxylic acids is 1. The van der Waals surface area contributed by atoms with Crippen LogP contribution in [-0.4, -0.2) is 39.6 Å². The van der Waals surface area contributed by atoms with E-state index in [9.17, 15) is 9.90 Å². The predicted molar refractivity (Wildman–Crippen MR) is 79.5 cm³/mol. The topological polar surface area (TPSA) is 66.6 Å². The number of benzene rings is 1. The number of fused-ring (bicyclic) bond motifs is 1. The Kier molecular flexibility index (Phi) is 3.51. The molecule has 5 nitrogen and oxygen atoms in total. The van der Waals surface area contributed by atoms with Gasteiger partial charge in [0.2, 0.25) is 11.8 Å². The molecule has 0 unspecified atom stereocenters. The molecule has 0 saturated carbocycles. The number of para-hydroxylation sites is 2. The monoisotopic (exact) mass is 286 g/mol. The summed E-state index contributed by atoms with van der Waals surface area (Å²) in [7, 11) is 0. The highest BCUT2D eigenvalue weighted by atomic mass is 16.3. The fourth-order valence-electron chi connectivity index (χ4n) is 2.42. The number of aromatic nitrogens is 1. The van der Waals surface area contributed by atoms with Gasteiger partial charge in [0.25, 0.3) is 0 Å². The van der Waals surface area contributed by atoms with Crippen LogP contribution in [0, 0.1) is 0 Å². The molecule has 1 saturated heterocycles. The maximum atomic E-state index is 12.1. The van der Waals surface area contributed by atoms with Crippen LogP contribution in [0.2, 0.25) is 0 Å². The molecule has 110 valence electrons. The van der Waals surface area contributed by atoms with E-state index in [-0.39, 0.29) is 5.91 Å². The zero-order valence-electron chi connectivity index (χ0n) is 12.0. The van der Waals surface area contributed by atoms with Crippen molar-refractivity contribution in [1.29, 1.82) is 0 Å². The second-order valence-electron chi connectivity index (χ2n) is 5.68. The van der Waals surface area contributed by atoms with Crippen LogP contribution in [0.15, 0.2) is 34.8 Å². The summed E-state index contributed by atoms with van der Waals surface area (Å²) >= 11 is 0. The summed E-state index contributed by atoms with van der Waals surface area (Å²) in [6, 6.07) is 7.48. The third-order valence-corrected chi connectivity index (χ3v) is 3.83. The van der Waals surface area contributed by atoms with Crippen molar-refractivity contribution < 1.29 is 14.3 Å². The van der Waals surface area contributed by atoms with Gasteiger partial charge in [-0.1, -0.05) is 12.1 Å². The number of hydrogen-bond donors (Lipinski definition) is 1. The molecule has 1 fully saturated rings. The van der Waals surface area contributed by atoms with Crippen LogP contribution < -0.4 is 0 Å². The second kappa shape index (κ2) is 5.33. The van der Waals surface area contributed by atoms with E-state index in [1.165, 1.54) is 6.08 Å². The molecule has 0 radical (unpaired) electrons. The average molecular weight is 286 g/mol. The first-order valence-electron chi connectivity index (χ1n) is 7.08. The molecule has 0 atom stereocenters. The van der Waals surface area contributed by atoms with Crippen LogP contribution in [0.5, 0.6) is 0 Å². The molecule has 3 rings (SSSR count). The summed E-state index contributed by atoms with van der Waals surface area (Å²) in [5, 5.41) is 9.88. The number of aliphatic hydroxyl groups is 1. The largest absolute Gasteiger partial charge is 0.437 e. The molecular weight excluding hydrogens is 268 g/mol. The van der Waals surface area contributed by atoms with Crippen molar-refractivity contribution in [3.05, 3.63) is 36.2 Å². The van der Waals surface area contributed by atoms with Gasteiger partial charge in [-0.15, -0.1) is 0 Å². The molecule has 5 heteroatoms. The Hall–Kier alpha value is -2.14. The van der Waals surface area contributed by atoms with Gasteiger partial charge in [-0.2, -0.15) is 0 Å². The molecule has 21 heavy (non-hydrogen) atoms. The van der Waals surface area contributed by atoms with Crippen molar-refractivity contribution in [2.24, 2.45) is 0 Å². The lowest BCUT2D eigenvalue weighted by atomic mass is 9.94. The number of hydrogen-bond acceptors (Lipinski definition) is 4. The SMILES string of the molecule is CC1(O)CCN(C(=O)/C=C/c2nc3ccccc3o2)CC1. The van der Waals surface area contributed by atoms with E-state index in [4.69, 9.17) is 4.42 Å². The number of piperidine rings is 1. The summed E-state index contributed by atoms with van der Waals surface area (Å²) in [4.78, 5) is 18.1. The molecule has 2 heterocycles. The van der Waals surface area contributed by atoms with Gasteiger partial charge in [0.15, 0.2) is 5.58 Å². The Bertz CT molecular complexity index is 645. The van der Waals surface area contributed by atoms with Crippen LogP contribution in [0.1, 0.15) is 25.7 Å². The third kappa shape index (κ3) is 3.13. The van der Waals surface area contributed by atoms with Crippen LogP contribution in [-0.2, 0) is 4.79 Å². The molecule has 1 aliphatic rings. The van der Waals surface area contributed by atoms with Crippen LogP contribution in [0.3, 0.4) is 0 Å². The first kappa shape index (κ1) is 13.8. The number of likely N-dealkylation sites (tertiary alicyclic amines) is 1. The van der Waals surface area contributed by atoms with Crippen LogP contribution >= 0.6 is 0 Å². The zero-order valence-corrected chi connectivity index (χ0v) is 12.0. The molecule has 1 aromatic carbocycles. The molecule has 0 spiro atoms. The molecule has 1 aromatic heterocycles. The van der Waals surface area contributed by atoms with Gasteiger partial charge < -0.3 is 14.4 Å². The fourth-order valence-corrected chi connectivity index (χ4v) is 2.42. The van der Waals surface area contributed by atoms with Gasteiger partial charge >= 0.3 is 0 Å². The van der Waals surface area contributed by atoms with Crippen molar-refractivity contribution in [1.82, 2.24) is 9.88 Å². The fraction of sp³-hybridized carbons (Fsp3) is 0.375. The average Bonchev–Trinajstić information content (AvgIpc) is 2.87. The lowest BCUT2D eigenvalue weighted by Gasteiger charge is -2.35. The van der Waals surface area contributed by atoms with Crippen molar-refractivity contribution >= 4 is 23.1 Å². The molecule has 1 amide bonds. The van der Waals surface area contributed by atoms with E-state index in [1.807, 2.05) is 31.2 Å². The summed E-state index contributed by atoms with van der Waals surface area (Å²) in [6.07, 6.45) is 4.28. The van der Waals surface area contributed by atoms with E-state index in [2.05, 4.69) is 4.98 Å². The minimum absolute atomic E-state index is 0.0762. The Morgan fingerprint density at radius 3 is 2.81 bits per heavy atom. The lowest BCUT2D eigenvalue weighted by Crippen LogP contribution is -2.44. The molecule has 0 aliphatic carbocycles. The van der Waals surface area contributed by atoms with E-state index in [1.54, 1.807) is 11.0 Å². The number of oxazole rings is 1. The quantitative estimate of drug-likeness (QED) is 0.860. The summed E-state index contributed by atoms with van der Waals surface area (Å²) in [5.41, 5.74) is 0.832. The number of nitrogens with zero attached hydrogens (tertiary/aromatic N) is 2. The van der Waals surface area contributed by atoms with Gasteiger partial charge in [-0.3, -0.25) is 4.79 Å². The smallest absolute Gasteiger partial charge is 0.246 e. The molecular formula is C16H18N2O3. The van der Waals surface area contributed by atoms with E-state index in [0.29, 0.717) is 37.4 Å². The minimum Gasteiger partial charge on any atom is -0.437 e. The Balaban J connectivity index is 1.67. The Morgan fingerprint density at radius 2 is 2.10 bits per heavy atom. The molecule has 2 aromatic rings. The Labute approximate surface area is 122 Å². The van der Waals surface area contributed by atoms with Gasteiger partial charge in [0.1, 0.15) is 5.52 Å². The summed E-state index contributed by atoms with van der Waals surface area (Å²) in [6.45, 7) is 2.95. The molecule has 0 bridgehead atoms. The normalized spacial score (nSPS) is 18.5. The maximum absolute atomic E-state index is 12.1. The lowest BCUT2D eigenvalue weighted by molar-refractivity contribution is -0.129. The highest BCUT2D eigenvalue weighted by Crippen LogP contribution is 2.21. The zero-order chi connectivity index (χ0) is 14.9. The van der Waals surface area contributed by atoms with Gasteiger partial charge in [-0.05, 0) is 31.9 Å². The van der Waals surface area contributed by atoms with Crippen molar-refractivity contribution in [3.8, 4) is 0 Å².